The number of benzene rings is 3. The Morgan fingerprint density at radius 3 is 2.43 bits per heavy atom. The smallest absolute Gasteiger partial charge is 0.301 e. The molecule has 0 aliphatic carbocycles. The number of rotatable bonds is 11. The normalized spacial score (nSPS) is 16.3. The quantitative estimate of drug-likeness (QED) is 0.0866. The van der Waals surface area contributed by atoms with E-state index in [2.05, 4.69) is 11.9 Å². The zero-order valence-corrected chi connectivity index (χ0v) is 24.4. The second-order valence-corrected chi connectivity index (χ2v) is 10.6. The van der Waals surface area contributed by atoms with Gasteiger partial charge in [-0.25, -0.2) is 9.37 Å². The molecule has 1 fully saturated rings. The third kappa shape index (κ3) is 5.67. The van der Waals surface area contributed by atoms with Gasteiger partial charge in [0, 0.05) is 5.56 Å². The third-order valence-electron chi connectivity index (χ3n) is 6.77. The fourth-order valence-corrected chi connectivity index (χ4v) is 5.79. The summed E-state index contributed by atoms with van der Waals surface area (Å²) in [5, 5.41) is 11.7. The molecule has 1 atom stereocenters. The Morgan fingerprint density at radius 2 is 1.71 bits per heavy atom. The Labute approximate surface area is 247 Å². The SMILES string of the molecule is CCCCOc1ccc(C2/C(=C(\O)c3ccc(F)cc3)C(=O)C(=O)N2c2nc3ccc(OCC)cc3s2)cc1OCC. The number of aliphatic hydroxyl groups excluding tert-OH is 1. The van der Waals surface area contributed by atoms with Crippen LogP contribution in [-0.4, -0.2) is 41.6 Å². The van der Waals surface area contributed by atoms with Crippen LogP contribution in [0.1, 0.15) is 50.8 Å². The predicted octanol–water partition coefficient (Wildman–Crippen LogP) is 7.04. The number of fused-ring (bicyclic) bond motifs is 1. The van der Waals surface area contributed by atoms with Crippen LogP contribution in [0.3, 0.4) is 0 Å². The van der Waals surface area contributed by atoms with Crippen LogP contribution in [-0.2, 0) is 9.59 Å². The number of unbranched alkanes of at least 4 members (excludes halogenated alkanes) is 1. The van der Waals surface area contributed by atoms with Gasteiger partial charge in [-0.15, -0.1) is 0 Å². The zero-order valence-electron chi connectivity index (χ0n) is 23.6. The lowest BCUT2D eigenvalue weighted by Crippen LogP contribution is -2.29. The number of ketones is 1. The molecule has 3 aromatic carbocycles. The second-order valence-electron chi connectivity index (χ2n) is 9.58. The molecule has 1 unspecified atom stereocenters. The summed E-state index contributed by atoms with van der Waals surface area (Å²) in [5.74, 6) is -0.982. The van der Waals surface area contributed by atoms with Gasteiger partial charge < -0.3 is 19.3 Å². The molecule has 1 amide bonds. The molecule has 0 radical (unpaired) electrons. The third-order valence-corrected chi connectivity index (χ3v) is 7.78. The van der Waals surface area contributed by atoms with Crippen molar-refractivity contribution >= 4 is 44.1 Å². The number of aliphatic hydroxyl groups is 1. The molecule has 2 heterocycles. The van der Waals surface area contributed by atoms with E-state index >= 15 is 0 Å². The summed E-state index contributed by atoms with van der Waals surface area (Å²) >= 11 is 1.23. The van der Waals surface area contributed by atoms with E-state index in [0.29, 0.717) is 48.1 Å². The van der Waals surface area contributed by atoms with Crippen molar-refractivity contribution < 1.29 is 33.3 Å². The molecule has 0 bridgehead atoms. The molecule has 8 nitrogen and oxygen atoms in total. The van der Waals surface area contributed by atoms with Crippen LogP contribution in [0.5, 0.6) is 17.2 Å². The summed E-state index contributed by atoms with van der Waals surface area (Å²) < 4.78 is 31.9. The van der Waals surface area contributed by atoms with E-state index in [4.69, 9.17) is 14.2 Å². The monoisotopic (exact) mass is 590 g/mol. The molecule has 4 aromatic rings. The number of nitrogens with zero attached hydrogens (tertiary/aromatic N) is 2. The first-order valence-electron chi connectivity index (χ1n) is 13.9. The number of aromatic nitrogens is 1. The topological polar surface area (TPSA) is 98.2 Å². The number of amides is 1. The van der Waals surface area contributed by atoms with E-state index in [1.165, 1.54) is 40.5 Å². The Hall–Kier alpha value is -4.44. The molecular weight excluding hydrogens is 559 g/mol. The molecular formula is C32H31FN2O6S. The average Bonchev–Trinajstić information content (AvgIpc) is 3.51. The number of Topliss-reactive ketones (excluding diaryl/α,β-unsaturated/α-hetero) is 1. The van der Waals surface area contributed by atoms with Crippen molar-refractivity contribution in [2.45, 2.75) is 39.7 Å². The maximum atomic E-state index is 13.7. The minimum Gasteiger partial charge on any atom is -0.507 e. The minimum atomic E-state index is -1.04. The average molecular weight is 591 g/mol. The molecule has 1 aliphatic heterocycles. The molecule has 0 spiro atoms. The second kappa shape index (κ2) is 12.6. The molecule has 1 aliphatic rings. The van der Waals surface area contributed by atoms with E-state index in [1.807, 2.05) is 19.9 Å². The number of hydrogen-bond donors (Lipinski definition) is 1. The molecule has 0 saturated carbocycles. The number of carbonyl (C=O) groups excluding carboxylic acids is 2. The zero-order chi connectivity index (χ0) is 29.8. The highest BCUT2D eigenvalue weighted by molar-refractivity contribution is 7.22. The van der Waals surface area contributed by atoms with Crippen LogP contribution < -0.4 is 19.1 Å². The fourth-order valence-electron chi connectivity index (χ4n) is 4.77. The minimum absolute atomic E-state index is 0.136. The van der Waals surface area contributed by atoms with Gasteiger partial charge in [-0.3, -0.25) is 14.5 Å². The van der Waals surface area contributed by atoms with Crippen molar-refractivity contribution in [3.05, 3.63) is 83.2 Å². The lowest BCUT2D eigenvalue weighted by atomic mass is 9.95. The first kappa shape index (κ1) is 29.1. The predicted molar refractivity (Wildman–Crippen MR) is 160 cm³/mol. The van der Waals surface area contributed by atoms with Crippen LogP contribution in [0.4, 0.5) is 9.52 Å². The highest BCUT2D eigenvalue weighted by Crippen LogP contribution is 2.46. The Morgan fingerprint density at radius 1 is 0.952 bits per heavy atom. The Kier molecular flexibility index (Phi) is 8.72. The van der Waals surface area contributed by atoms with Gasteiger partial charge in [0.25, 0.3) is 5.78 Å². The first-order chi connectivity index (χ1) is 20.4. The van der Waals surface area contributed by atoms with Gasteiger partial charge in [0.2, 0.25) is 0 Å². The van der Waals surface area contributed by atoms with Gasteiger partial charge in [0.15, 0.2) is 16.6 Å². The van der Waals surface area contributed by atoms with Crippen molar-refractivity contribution in [3.63, 3.8) is 0 Å². The lowest BCUT2D eigenvalue weighted by molar-refractivity contribution is -0.132. The number of halogens is 1. The van der Waals surface area contributed by atoms with Crippen LogP contribution in [0, 0.1) is 5.82 Å². The molecule has 42 heavy (non-hydrogen) atoms. The summed E-state index contributed by atoms with van der Waals surface area (Å²) in [6.07, 6.45) is 1.84. The standard InChI is InChI=1S/C32H31FN2O6S/c1-4-7-16-41-24-15-10-20(17-25(24)40-6-3)28-27(29(36)19-8-11-21(33)12-9-19)30(37)31(38)35(28)32-34-23-14-13-22(39-5-2)18-26(23)42-32/h8-15,17-18,28,36H,4-7,16H2,1-3H3/b29-27+. The van der Waals surface area contributed by atoms with E-state index < -0.39 is 29.3 Å². The first-order valence-corrected chi connectivity index (χ1v) is 14.7. The molecule has 1 N–H and O–H groups in total. The van der Waals surface area contributed by atoms with Gasteiger partial charge in [0.1, 0.15) is 17.3 Å². The molecule has 5 rings (SSSR count). The molecule has 1 saturated heterocycles. The maximum Gasteiger partial charge on any atom is 0.301 e. The number of thiazole rings is 1. The van der Waals surface area contributed by atoms with E-state index in [0.717, 1.165) is 17.5 Å². The lowest BCUT2D eigenvalue weighted by Gasteiger charge is -2.24. The van der Waals surface area contributed by atoms with Crippen molar-refractivity contribution in [2.24, 2.45) is 0 Å². The van der Waals surface area contributed by atoms with Gasteiger partial charge >= 0.3 is 5.91 Å². The molecule has 10 heteroatoms. The van der Waals surface area contributed by atoms with Gasteiger partial charge in [0.05, 0.1) is 41.7 Å². The van der Waals surface area contributed by atoms with Gasteiger partial charge in [-0.2, -0.15) is 0 Å². The number of hydrogen-bond acceptors (Lipinski definition) is 8. The van der Waals surface area contributed by atoms with Crippen LogP contribution in [0.15, 0.2) is 66.2 Å². The largest absolute Gasteiger partial charge is 0.507 e. The van der Waals surface area contributed by atoms with E-state index in [9.17, 15) is 19.1 Å². The molecule has 1 aromatic heterocycles. The fraction of sp³-hybridized carbons (Fsp3) is 0.281. The number of anilines is 1. The molecule has 218 valence electrons. The van der Waals surface area contributed by atoms with Crippen molar-refractivity contribution in [1.29, 1.82) is 0 Å². The highest BCUT2D eigenvalue weighted by Gasteiger charge is 2.48. The van der Waals surface area contributed by atoms with Gasteiger partial charge in [-0.1, -0.05) is 30.7 Å². The van der Waals surface area contributed by atoms with Gasteiger partial charge in [-0.05, 0) is 80.4 Å². The Balaban J connectivity index is 1.67. The van der Waals surface area contributed by atoms with Crippen molar-refractivity contribution in [3.8, 4) is 17.2 Å². The van der Waals surface area contributed by atoms with E-state index in [-0.39, 0.29) is 16.3 Å². The number of ether oxygens (including phenoxy) is 3. The summed E-state index contributed by atoms with van der Waals surface area (Å²) in [6.45, 7) is 7.17. The van der Waals surface area contributed by atoms with Crippen molar-refractivity contribution in [2.75, 3.05) is 24.7 Å². The summed E-state index contributed by atoms with van der Waals surface area (Å²) in [5.41, 5.74) is 1.21. The van der Waals surface area contributed by atoms with Crippen molar-refractivity contribution in [1.82, 2.24) is 4.98 Å². The summed E-state index contributed by atoms with van der Waals surface area (Å²) in [7, 11) is 0. The van der Waals surface area contributed by atoms with Crippen LogP contribution in [0.2, 0.25) is 0 Å². The maximum absolute atomic E-state index is 13.7. The number of carbonyl (C=O) groups is 2. The highest BCUT2D eigenvalue weighted by atomic mass is 32.1. The summed E-state index contributed by atoms with van der Waals surface area (Å²) in [4.78, 5) is 33.2. The van der Waals surface area contributed by atoms with E-state index in [1.54, 1.807) is 30.3 Å². The van der Waals surface area contributed by atoms with Crippen LogP contribution >= 0.6 is 11.3 Å². The summed E-state index contributed by atoms with van der Waals surface area (Å²) in [6, 6.07) is 14.7. The van der Waals surface area contributed by atoms with Crippen LogP contribution in [0.25, 0.3) is 16.0 Å². The Bertz CT molecular complexity index is 1650.